The van der Waals surface area contributed by atoms with E-state index in [1.54, 1.807) is 11.3 Å². The Morgan fingerprint density at radius 1 is 1.43 bits per heavy atom. The van der Waals surface area contributed by atoms with Crippen LogP contribution in [0.4, 0.5) is 0 Å². The monoisotopic (exact) mass is 206 g/mol. The van der Waals surface area contributed by atoms with E-state index >= 15 is 0 Å². The predicted molar refractivity (Wildman–Crippen MR) is 57.0 cm³/mol. The summed E-state index contributed by atoms with van der Waals surface area (Å²) in [4.78, 5) is 11.4. The molecule has 0 N–H and O–H groups in total. The second kappa shape index (κ2) is 3.42. The Balaban J connectivity index is 2.63. The number of ether oxygens (including phenoxy) is 1. The molecule has 0 amide bonds. The molecule has 1 aliphatic heterocycles. The summed E-state index contributed by atoms with van der Waals surface area (Å²) >= 11 is 1.58. The van der Waals surface area contributed by atoms with Crippen LogP contribution in [0, 0.1) is 6.92 Å². The van der Waals surface area contributed by atoms with Crippen LogP contribution in [0.25, 0.3) is 11.1 Å². The van der Waals surface area contributed by atoms with Crippen LogP contribution in [-0.2, 0) is 4.74 Å². The minimum absolute atomic E-state index is 0.262. The SMILES string of the molecule is COC(=O)c1cc(C)c2ccscc1-2. The fourth-order valence-corrected chi connectivity index (χ4v) is 2.25. The highest BCUT2D eigenvalue weighted by molar-refractivity contribution is 7.08. The number of rotatable bonds is 1. The zero-order valence-corrected chi connectivity index (χ0v) is 8.85. The lowest BCUT2D eigenvalue weighted by molar-refractivity contribution is 0.0602. The molecule has 0 aromatic carbocycles. The zero-order chi connectivity index (χ0) is 10.1. The Bertz CT molecular complexity index is 445. The van der Waals surface area contributed by atoms with Gasteiger partial charge in [-0.3, -0.25) is 0 Å². The molecule has 0 saturated carbocycles. The topological polar surface area (TPSA) is 26.3 Å². The molecule has 1 heterocycles. The van der Waals surface area contributed by atoms with Crippen LogP contribution in [0.5, 0.6) is 0 Å². The van der Waals surface area contributed by atoms with Gasteiger partial charge in [0.15, 0.2) is 0 Å². The van der Waals surface area contributed by atoms with Crippen molar-refractivity contribution in [3.63, 3.8) is 0 Å². The standard InChI is InChI=1S/C11H10O2S/c1-7-5-9(11(12)13-2)10-6-14-4-3-8(7)10/h3-6H,1-2H3. The average molecular weight is 206 g/mol. The van der Waals surface area contributed by atoms with E-state index in [9.17, 15) is 4.79 Å². The summed E-state index contributed by atoms with van der Waals surface area (Å²) in [6.07, 6.45) is 0. The summed E-state index contributed by atoms with van der Waals surface area (Å²) in [6.45, 7) is 2.00. The number of fused-ring (bicyclic) bond motifs is 1. The summed E-state index contributed by atoms with van der Waals surface area (Å²) < 4.78 is 4.72. The average Bonchev–Trinajstić information content (AvgIpc) is 2.56. The van der Waals surface area contributed by atoms with Crippen LogP contribution in [-0.4, -0.2) is 13.1 Å². The number of hydrogen-bond donors (Lipinski definition) is 0. The third-order valence-corrected chi connectivity index (χ3v) is 2.94. The van der Waals surface area contributed by atoms with Gasteiger partial charge in [0, 0.05) is 5.56 Å². The maximum Gasteiger partial charge on any atom is 0.338 e. The van der Waals surface area contributed by atoms with Gasteiger partial charge in [-0.05, 0) is 40.9 Å². The van der Waals surface area contributed by atoms with Crippen molar-refractivity contribution in [1.29, 1.82) is 0 Å². The fraction of sp³-hybridized carbons (Fsp3) is 0.182. The lowest BCUT2D eigenvalue weighted by atomic mass is 10.1. The Labute approximate surface area is 86.5 Å². The van der Waals surface area contributed by atoms with Gasteiger partial charge in [0.2, 0.25) is 0 Å². The van der Waals surface area contributed by atoms with E-state index in [0.29, 0.717) is 5.56 Å². The number of carbonyl (C=O) groups is 1. The van der Waals surface area contributed by atoms with Gasteiger partial charge in [-0.15, -0.1) is 0 Å². The van der Waals surface area contributed by atoms with E-state index in [1.807, 2.05) is 29.8 Å². The molecular weight excluding hydrogens is 196 g/mol. The Morgan fingerprint density at radius 3 is 2.93 bits per heavy atom. The van der Waals surface area contributed by atoms with Crippen molar-refractivity contribution in [2.45, 2.75) is 6.92 Å². The van der Waals surface area contributed by atoms with Gasteiger partial charge in [-0.1, -0.05) is 0 Å². The minimum atomic E-state index is -0.262. The molecule has 0 radical (unpaired) electrons. The Morgan fingerprint density at radius 2 is 2.21 bits per heavy atom. The summed E-state index contributed by atoms with van der Waals surface area (Å²) in [6, 6.07) is 3.91. The first kappa shape index (κ1) is 9.21. The lowest BCUT2D eigenvalue weighted by Gasteiger charge is -2.01. The van der Waals surface area contributed by atoms with E-state index in [-0.39, 0.29) is 5.97 Å². The second-order valence-electron chi connectivity index (χ2n) is 3.12. The Kier molecular flexibility index (Phi) is 2.25. The maximum atomic E-state index is 11.4. The fourth-order valence-electron chi connectivity index (χ4n) is 1.57. The zero-order valence-electron chi connectivity index (χ0n) is 8.03. The van der Waals surface area contributed by atoms with Crippen LogP contribution in [0.1, 0.15) is 15.9 Å². The molecule has 0 saturated heterocycles. The molecule has 1 aliphatic carbocycles. The molecule has 2 rings (SSSR count). The third kappa shape index (κ3) is 1.30. The van der Waals surface area contributed by atoms with Crippen molar-refractivity contribution in [3.8, 4) is 11.1 Å². The minimum Gasteiger partial charge on any atom is -0.465 e. The quantitative estimate of drug-likeness (QED) is 0.670. The predicted octanol–water partition coefficient (Wildman–Crippen LogP) is 2.95. The van der Waals surface area contributed by atoms with E-state index in [2.05, 4.69) is 0 Å². The highest BCUT2D eigenvalue weighted by Crippen LogP contribution is 2.33. The smallest absolute Gasteiger partial charge is 0.338 e. The number of aryl methyl sites for hydroxylation is 1. The van der Waals surface area contributed by atoms with Crippen LogP contribution >= 0.6 is 11.3 Å². The molecule has 0 spiro atoms. The largest absolute Gasteiger partial charge is 0.465 e. The normalized spacial score (nSPS) is 10.4. The number of hydrogen-bond acceptors (Lipinski definition) is 3. The molecule has 0 bridgehead atoms. The molecule has 2 aliphatic rings. The molecular formula is C11H10O2S. The highest BCUT2D eigenvalue weighted by Gasteiger charge is 2.18. The number of esters is 1. The van der Waals surface area contributed by atoms with Crippen LogP contribution < -0.4 is 0 Å². The first-order valence-electron chi connectivity index (χ1n) is 4.28. The number of carbonyl (C=O) groups excluding carboxylic acids is 1. The summed E-state index contributed by atoms with van der Waals surface area (Å²) in [5.74, 6) is -0.262. The highest BCUT2D eigenvalue weighted by atomic mass is 32.1. The molecule has 0 atom stereocenters. The molecule has 0 fully saturated rings. The lowest BCUT2D eigenvalue weighted by Crippen LogP contribution is -2.00. The van der Waals surface area contributed by atoms with Gasteiger partial charge in [0.25, 0.3) is 0 Å². The first-order valence-corrected chi connectivity index (χ1v) is 5.22. The van der Waals surface area contributed by atoms with Crippen molar-refractivity contribution < 1.29 is 9.53 Å². The molecule has 0 unspecified atom stereocenters. The van der Waals surface area contributed by atoms with Crippen molar-refractivity contribution >= 4 is 17.3 Å². The van der Waals surface area contributed by atoms with Crippen molar-refractivity contribution in [1.82, 2.24) is 0 Å². The van der Waals surface area contributed by atoms with E-state index in [1.165, 1.54) is 7.11 Å². The van der Waals surface area contributed by atoms with Crippen LogP contribution in [0.15, 0.2) is 22.9 Å². The molecule has 14 heavy (non-hydrogen) atoms. The van der Waals surface area contributed by atoms with Gasteiger partial charge < -0.3 is 4.74 Å². The molecule has 2 nitrogen and oxygen atoms in total. The third-order valence-electron chi connectivity index (χ3n) is 2.27. The van der Waals surface area contributed by atoms with Crippen molar-refractivity contribution in [2.75, 3.05) is 7.11 Å². The van der Waals surface area contributed by atoms with Crippen LogP contribution in [0.2, 0.25) is 0 Å². The van der Waals surface area contributed by atoms with Gasteiger partial charge in [-0.25, -0.2) is 4.79 Å². The van der Waals surface area contributed by atoms with Gasteiger partial charge in [0.05, 0.1) is 12.7 Å². The summed E-state index contributed by atoms with van der Waals surface area (Å²) in [5, 5.41) is 3.99. The summed E-state index contributed by atoms with van der Waals surface area (Å²) in [7, 11) is 1.41. The van der Waals surface area contributed by atoms with Gasteiger partial charge in [-0.2, -0.15) is 11.3 Å². The van der Waals surface area contributed by atoms with E-state index < -0.39 is 0 Å². The van der Waals surface area contributed by atoms with Crippen molar-refractivity contribution in [3.05, 3.63) is 34.0 Å². The molecule has 3 heteroatoms. The van der Waals surface area contributed by atoms with Crippen LogP contribution in [0.3, 0.4) is 0 Å². The van der Waals surface area contributed by atoms with E-state index in [4.69, 9.17) is 4.74 Å². The number of methoxy groups -OCH3 is 1. The maximum absolute atomic E-state index is 11.4. The summed E-state index contributed by atoms with van der Waals surface area (Å²) in [5.41, 5.74) is 3.90. The second-order valence-corrected chi connectivity index (χ2v) is 3.90. The molecule has 72 valence electrons. The Hall–Kier alpha value is -1.35. The van der Waals surface area contributed by atoms with Gasteiger partial charge in [0.1, 0.15) is 0 Å². The first-order chi connectivity index (χ1) is 6.74. The van der Waals surface area contributed by atoms with Crippen molar-refractivity contribution in [2.24, 2.45) is 0 Å². The molecule has 0 aromatic rings. The molecule has 0 aromatic heterocycles. The van der Waals surface area contributed by atoms with E-state index in [0.717, 1.165) is 16.7 Å². The van der Waals surface area contributed by atoms with Gasteiger partial charge >= 0.3 is 5.97 Å².